The molecule has 2 aromatic heterocycles. The van der Waals surface area contributed by atoms with Gasteiger partial charge < -0.3 is 15.0 Å². The van der Waals surface area contributed by atoms with Crippen molar-refractivity contribution in [3.05, 3.63) is 78.1 Å². The molecule has 6 nitrogen and oxygen atoms in total. The van der Waals surface area contributed by atoms with Crippen LogP contribution >= 0.6 is 0 Å². The molecule has 3 heterocycles. The summed E-state index contributed by atoms with van der Waals surface area (Å²) in [6.45, 7) is 3.66. The zero-order valence-electron chi connectivity index (χ0n) is 20.7. The number of fused-ring (bicyclic) bond motifs is 1. The van der Waals surface area contributed by atoms with Crippen LogP contribution < -0.4 is 10.1 Å². The first kappa shape index (κ1) is 23.8. The molecule has 1 amide bonds. The van der Waals surface area contributed by atoms with Crippen molar-refractivity contribution in [1.29, 1.82) is 0 Å². The van der Waals surface area contributed by atoms with Gasteiger partial charge in [-0.15, -0.1) is 0 Å². The molecule has 0 saturated carbocycles. The lowest BCUT2D eigenvalue weighted by atomic mass is 10.0. The zero-order valence-corrected chi connectivity index (χ0v) is 20.7. The number of nitrogens with one attached hydrogen (secondary N) is 2. The lowest BCUT2D eigenvalue weighted by molar-refractivity contribution is 0.0946. The summed E-state index contributed by atoms with van der Waals surface area (Å²) in [6.07, 6.45) is 8.75. The molecule has 0 saturated heterocycles. The van der Waals surface area contributed by atoms with Gasteiger partial charge in [-0.2, -0.15) is 0 Å². The minimum atomic E-state index is -0.0365. The highest BCUT2D eigenvalue weighted by atomic mass is 16.5. The zero-order chi connectivity index (χ0) is 24.7. The van der Waals surface area contributed by atoms with Crippen molar-refractivity contribution in [1.82, 2.24) is 20.3 Å². The Bertz CT molecular complexity index is 1310. The van der Waals surface area contributed by atoms with Crippen molar-refractivity contribution < 1.29 is 9.53 Å². The average molecular weight is 481 g/mol. The number of H-pyrrole nitrogens is 1. The number of hydrogen-bond donors (Lipinski definition) is 2. The van der Waals surface area contributed by atoms with Crippen molar-refractivity contribution in [2.24, 2.45) is 0 Å². The monoisotopic (exact) mass is 480 g/mol. The third-order valence-corrected chi connectivity index (χ3v) is 6.58. The van der Waals surface area contributed by atoms with Gasteiger partial charge in [0.1, 0.15) is 5.75 Å². The first-order valence-corrected chi connectivity index (χ1v) is 12.9. The van der Waals surface area contributed by atoms with Crippen LogP contribution in [0.5, 0.6) is 5.75 Å². The van der Waals surface area contributed by atoms with Gasteiger partial charge in [0.2, 0.25) is 0 Å². The Morgan fingerprint density at radius 2 is 1.61 bits per heavy atom. The lowest BCUT2D eigenvalue weighted by Gasteiger charge is -2.10. The highest BCUT2D eigenvalue weighted by molar-refractivity contribution is 5.97. The molecule has 1 aliphatic heterocycles. The SMILES string of the molecule is CCCCCCCOc1ccc(-c2ccc(-c3nccc(-c4cc5c([nH]4)CCNC5=O)n3)cc2)cc1. The molecule has 0 unspecified atom stereocenters. The smallest absolute Gasteiger partial charge is 0.253 e. The van der Waals surface area contributed by atoms with Crippen molar-refractivity contribution in [3.63, 3.8) is 0 Å². The molecule has 36 heavy (non-hydrogen) atoms. The van der Waals surface area contributed by atoms with E-state index in [0.717, 1.165) is 59.0 Å². The number of unbranched alkanes of at least 4 members (excludes halogenated alkanes) is 4. The molecule has 0 bridgehead atoms. The summed E-state index contributed by atoms with van der Waals surface area (Å²) in [5.41, 5.74) is 6.47. The number of aromatic amines is 1. The molecule has 4 aromatic rings. The fraction of sp³-hybridized carbons (Fsp3) is 0.300. The van der Waals surface area contributed by atoms with E-state index in [1.54, 1.807) is 6.20 Å². The van der Waals surface area contributed by atoms with Gasteiger partial charge in [-0.25, -0.2) is 9.97 Å². The van der Waals surface area contributed by atoms with Crippen LogP contribution in [0, 0.1) is 0 Å². The first-order valence-electron chi connectivity index (χ1n) is 12.9. The van der Waals surface area contributed by atoms with Crippen LogP contribution in [0.25, 0.3) is 33.9 Å². The normalized spacial score (nSPS) is 12.8. The summed E-state index contributed by atoms with van der Waals surface area (Å²) in [5.74, 6) is 1.53. The number of ether oxygens (including phenoxy) is 1. The number of rotatable bonds is 10. The third-order valence-electron chi connectivity index (χ3n) is 6.58. The summed E-state index contributed by atoms with van der Waals surface area (Å²) in [7, 11) is 0. The van der Waals surface area contributed by atoms with E-state index in [0.29, 0.717) is 17.9 Å². The highest BCUT2D eigenvalue weighted by Crippen LogP contribution is 2.27. The van der Waals surface area contributed by atoms with Gasteiger partial charge >= 0.3 is 0 Å². The van der Waals surface area contributed by atoms with Gasteiger partial charge in [-0.3, -0.25) is 4.79 Å². The fourth-order valence-electron chi connectivity index (χ4n) is 4.53. The van der Waals surface area contributed by atoms with Crippen LogP contribution in [0.2, 0.25) is 0 Å². The van der Waals surface area contributed by atoms with Crippen molar-refractivity contribution in [2.75, 3.05) is 13.2 Å². The lowest BCUT2D eigenvalue weighted by Crippen LogP contribution is -2.31. The predicted octanol–water partition coefficient (Wildman–Crippen LogP) is 6.44. The Labute approximate surface area is 212 Å². The topological polar surface area (TPSA) is 79.9 Å². The second-order valence-electron chi connectivity index (χ2n) is 9.21. The van der Waals surface area contributed by atoms with Crippen LogP contribution in [0.4, 0.5) is 0 Å². The Kier molecular flexibility index (Phi) is 7.41. The number of amides is 1. The van der Waals surface area contributed by atoms with E-state index < -0.39 is 0 Å². The molecule has 2 N–H and O–H groups in total. The first-order chi connectivity index (χ1) is 17.7. The maximum atomic E-state index is 12.1. The molecule has 184 valence electrons. The fourth-order valence-corrected chi connectivity index (χ4v) is 4.53. The Hall–Kier alpha value is -3.93. The quantitative estimate of drug-likeness (QED) is 0.256. The minimum absolute atomic E-state index is 0.0365. The second kappa shape index (κ2) is 11.2. The van der Waals surface area contributed by atoms with Crippen LogP contribution in [0.1, 0.15) is 55.1 Å². The minimum Gasteiger partial charge on any atom is -0.494 e. The number of benzene rings is 2. The Morgan fingerprint density at radius 1 is 0.889 bits per heavy atom. The van der Waals surface area contributed by atoms with Crippen LogP contribution in [-0.2, 0) is 6.42 Å². The molecule has 2 aromatic carbocycles. The number of hydrogen-bond acceptors (Lipinski definition) is 4. The predicted molar refractivity (Wildman–Crippen MR) is 143 cm³/mol. The second-order valence-corrected chi connectivity index (χ2v) is 9.21. The summed E-state index contributed by atoms with van der Waals surface area (Å²) in [6, 6.07) is 20.3. The molecule has 0 atom stereocenters. The summed E-state index contributed by atoms with van der Waals surface area (Å²) < 4.78 is 5.89. The molecular formula is C30H32N4O2. The molecule has 0 spiro atoms. The van der Waals surface area contributed by atoms with Gasteiger partial charge in [0.15, 0.2) is 5.82 Å². The van der Waals surface area contributed by atoms with Crippen LogP contribution in [-0.4, -0.2) is 34.0 Å². The summed E-state index contributed by atoms with van der Waals surface area (Å²) in [5, 5.41) is 2.88. The van der Waals surface area contributed by atoms with E-state index in [9.17, 15) is 4.79 Å². The Balaban J connectivity index is 1.24. The number of nitrogens with zero attached hydrogens (tertiary/aromatic N) is 2. The molecule has 0 radical (unpaired) electrons. The van der Waals surface area contributed by atoms with E-state index in [1.165, 1.54) is 25.7 Å². The maximum Gasteiger partial charge on any atom is 0.253 e. The van der Waals surface area contributed by atoms with Gasteiger partial charge in [-0.1, -0.05) is 69.0 Å². The van der Waals surface area contributed by atoms with Crippen molar-refractivity contribution in [3.8, 4) is 39.7 Å². The third kappa shape index (κ3) is 5.48. The number of aromatic nitrogens is 3. The summed E-state index contributed by atoms with van der Waals surface area (Å²) >= 11 is 0. The van der Waals surface area contributed by atoms with Gasteiger partial charge in [-0.05, 0) is 41.8 Å². The molecule has 0 fully saturated rings. The van der Waals surface area contributed by atoms with Gasteiger partial charge in [0, 0.05) is 30.4 Å². The largest absolute Gasteiger partial charge is 0.494 e. The van der Waals surface area contributed by atoms with E-state index in [2.05, 4.69) is 46.5 Å². The van der Waals surface area contributed by atoms with Crippen LogP contribution in [0.15, 0.2) is 66.9 Å². The molecule has 0 aliphatic carbocycles. The molecule has 1 aliphatic rings. The van der Waals surface area contributed by atoms with Gasteiger partial charge in [0.05, 0.1) is 23.6 Å². The van der Waals surface area contributed by atoms with Crippen LogP contribution in [0.3, 0.4) is 0 Å². The van der Waals surface area contributed by atoms with E-state index in [-0.39, 0.29) is 5.91 Å². The Morgan fingerprint density at radius 3 is 2.36 bits per heavy atom. The van der Waals surface area contributed by atoms with E-state index >= 15 is 0 Å². The highest BCUT2D eigenvalue weighted by Gasteiger charge is 2.20. The van der Waals surface area contributed by atoms with Crippen molar-refractivity contribution >= 4 is 5.91 Å². The standard InChI is InChI=1S/C30H32N4O2/c1-2-3-4-5-6-19-36-24-13-11-22(12-14-24)21-7-9-23(10-8-21)29-31-17-16-27(34-29)28-20-25-26(33-28)15-18-32-30(25)35/h7-14,16-17,20,33H,2-6,15,18-19H2,1H3,(H,32,35). The van der Waals surface area contributed by atoms with Crippen molar-refractivity contribution in [2.45, 2.75) is 45.4 Å². The molecular weight excluding hydrogens is 448 g/mol. The summed E-state index contributed by atoms with van der Waals surface area (Å²) in [4.78, 5) is 24.7. The number of carbonyl (C=O) groups is 1. The van der Waals surface area contributed by atoms with E-state index in [1.807, 2.05) is 36.4 Å². The molecule has 5 rings (SSSR count). The maximum absolute atomic E-state index is 12.1. The molecule has 6 heteroatoms. The number of carbonyl (C=O) groups excluding carboxylic acids is 1. The van der Waals surface area contributed by atoms with Gasteiger partial charge in [0.25, 0.3) is 5.91 Å². The average Bonchev–Trinajstić information content (AvgIpc) is 3.37. The van der Waals surface area contributed by atoms with E-state index in [4.69, 9.17) is 9.72 Å².